The van der Waals surface area contributed by atoms with E-state index in [1.54, 1.807) is 13.8 Å². The van der Waals surface area contributed by atoms with Crippen LogP contribution in [0.5, 0.6) is 0 Å². The summed E-state index contributed by atoms with van der Waals surface area (Å²) in [5, 5.41) is 9.03. The number of carbonyl (C=O) groups excluding carboxylic acids is 1. The Morgan fingerprint density at radius 1 is 1.23 bits per heavy atom. The van der Waals surface area contributed by atoms with E-state index in [2.05, 4.69) is 4.72 Å². The predicted molar refractivity (Wildman–Crippen MR) is 92.3 cm³/mol. The molecule has 1 fully saturated rings. The topological polar surface area (TPSA) is 104 Å². The highest BCUT2D eigenvalue weighted by Gasteiger charge is 2.35. The van der Waals surface area contributed by atoms with Crippen LogP contribution in [0.25, 0.3) is 0 Å². The Morgan fingerprint density at radius 2 is 1.81 bits per heavy atom. The Bertz CT molecular complexity index is 773. The molecule has 1 saturated heterocycles. The Balaban J connectivity index is 2.15. The van der Waals surface area contributed by atoms with Crippen LogP contribution in [0.4, 0.5) is 4.39 Å². The van der Waals surface area contributed by atoms with Crippen molar-refractivity contribution in [1.29, 1.82) is 0 Å². The van der Waals surface area contributed by atoms with Crippen LogP contribution in [0.2, 0.25) is 0 Å². The SMILES string of the molecule is CC(C)[C@H](NS(=O)(=O)c1ccccc1F)C(=O)N1CCC(C(=O)O)CC1. The summed E-state index contributed by atoms with van der Waals surface area (Å²) in [6, 6.07) is 3.91. The molecule has 1 atom stereocenters. The molecule has 0 aromatic heterocycles. The van der Waals surface area contributed by atoms with E-state index in [1.807, 2.05) is 0 Å². The molecule has 2 N–H and O–H groups in total. The van der Waals surface area contributed by atoms with Crippen molar-refractivity contribution in [3.8, 4) is 0 Å². The van der Waals surface area contributed by atoms with Crippen molar-refractivity contribution in [2.45, 2.75) is 37.6 Å². The molecular weight excluding hydrogens is 363 g/mol. The van der Waals surface area contributed by atoms with Gasteiger partial charge in [0.15, 0.2) is 0 Å². The summed E-state index contributed by atoms with van der Waals surface area (Å²) in [4.78, 5) is 24.7. The number of amides is 1. The molecule has 1 aromatic rings. The van der Waals surface area contributed by atoms with Crippen molar-refractivity contribution in [2.75, 3.05) is 13.1 Å². The van der Waals surface area contributed by atoms with Gasteiger partial charge in [0.1, 0.15) is 16.8 Å². The van der Waals surface area contributed by atoms with Crippen molar-refractivity contribution < 1.29 is 27.5 Å². The molecule has 144 valence electrons. The maximum Gasteiger partial charge on any atom is 0.306 e. The fourth-order valence-electron chi connectivity index (χ4n) is 2.91. The summed E-state index contributed by atoms with van der Waals surface area (Å²) in [5.74, 6) is -3.06. The van der Waals surface area contributed by atoms with Crippen molar-refractivity contribution in [1.82, 2.24) is 9.62 Å². The number of aliphatic carboxylic acids is 1. The van der Waals surface area contributed by atoms with Crippen molar-refractivity contribution >= 4 is 21.9 Å². The van der Waals surface area contributed by atoms with Crippen LogP contribution in [0, 0.1) is 17.7 Å². The van der Waals surface area contributed by atoms with E-state index in [-0.39, 0.29) is 19.0 Å². The number of carboxylic acids is 1. The lowest BCUT2D eigenvalue weighted by Crippen LogP contribution is -2.53. The third-order valence-electron chi connectivity index (χ3n) is 4.50. The van der Waals surface area contributed by atoms with Crippen LogP contribution >= 0.6 is 0 Å². The fourth-order valence-corrected chi connectivity index (χ4v) is 4.33. The number of carbonyl (C=O) groups is 2. The first-order chi connectivity index (χ1) is 12.1. The molecular formula is C17H23FN2O5S. The second-order valence-corrected chi connectivity index (χ2v) is 8.39. The van der Waals surface area contributed by atoms with Gasteiger partial charge in [-0.15, -0.1) is 0 Å². The van der Waals surface area contributed by atoms with E-state index in [9.17, 15) is 22.4 Å². The largest absolute Gasteiger partial charge is 0.481 e. The minimum Gasteiger partial charge on any atom is -0.481 e. The third-order valence-corrected chi connectivity index (χ3v) is 5.97. The summed E-state index contributed by atoms with van der Waals surface area (Å²) in [6.07, 6.45) is 0.651. The molecule has 2 rings (SSSR count). The average Bonchev–Trinajstić information content (AvgIpc) is 2.59. The molecule has 26 heavy (non-hydrogen) atoms. The Hall–Kier alpha value is -2.00. The van der Waals surface area contributed by atoms with E-state index in [0.717, 1.165) is 12.1 Å². The standard InChI is InChI=1S/C17H23FN2O5S/c1-11(2)15(16(21)20-9-7-12(8-10-20)17(22)23)19-26(24,25)14-6-4-3-5-13(14)18/h3-6,11-12,15,19H,7-10H2,1-2H3,(H,22,23)/t15-/m0/s1. The van der Waals surface area contributed by atoms with Crippen LogP contribution in [0.3, 0.4) is 0 Å². The van der Waals surface area contributed by atoms with Gasteiger partial charge in [0.25, 0.3) is 0 Å². The van der Waals surface area contributed by atoms with Crippen molar-refractivity contribution in [2.24, 2.45) is 11.8 Å². The zero-order valence-electron chi connectivity index (χ0n) is 14.7. The summed E-state index contributed by atoms with van der Waals surface area (Å²) < 4.78 is 41.1. The monoisotopic (exact) mass is 386 g/mol. The first-order valence-corrected chi connectivity index (χ1v) is 9.90. The van der Waals surface area contributed by atoms with Gasteiger partial charge >= 0.3 is 5.97 Å². The Kier molecular flexibility index (Phi) is 6.35. The van der Waals surface area contributed by atoms with Gasteiger partial charge in [0.2, 0.25) is 15.9 Å². The number of benzene rings is 1. The number of nitrogens with zero attached hydrogens (tertiary/aromatic N) is 1. The van der Waals surface area contributed by atoms with E-state index in [0.29, 0.717) is 12.8 Å². The highest BCUT2D eigenvalue weighted by atomic mass is 32.2. The van der Waals surface area contributed by atoms with Gasteiger partial charge in [0.05, 0.1) is 5.92 Å². The molecule has 7 nitrogen and oxygen atoms in total. The lowest BCUT2D eigenvalue weighted by Gasteiger charge is -2.34. The van der Waals surface area contributed by atoms with Crippen LogP contribution in [0.1, 0.15) is 26.7 Å². The maximum atomic E-state index is 13.8. The molecule has 0 spiro atoms. The van der Waals surface area contributed by atoms with Crippen LogP contribution in [-0.2, 0) is 19.6 Å². The van der Waals surface area contributed by atoms with Gasteiger partial charge in [0, 0.05) is 13.1 Å². The Morgan fingerprint density at radius 3 is 2.31 bits per heavy atom. The number of carboxylic acid groups (broad SMARTS) is 1. The zero-order chi connectivity index (χ0) is 19.5. The molecule has 0 unspecified atom stereocenters. The molecule has 1 aliphatic rings. The second kappa shape index (κ2) is 8.13. The predicted octanol–water partition coefficient (Wildman–Crippen LogP) is 1.45. The molecule has 9 heteroatoms. The molecule has 0 aliphatic carbocycles. The number of hydrogen-bond donors (Lipinski definition) is 2. The highest BCUT2D eigenvalue weighted by Crippen LogP contribution is 2.21. The number of hydrogen-bond acceptors (Lipinski definition) is 4. The smallest absolute Gasteiger partial charge is 0.306 e. The third kappa shape index (κ3) is 4.59. The molecule has 1 amide bonds. The number of piperidine rings is 1. The van der Waals surface area contributed by atoms with Crippen LogP contribution in [-0.4, -0.2) is 49.4 Å². The van der Waals surface area contributed by atoms with Gasteiger partial charge in [-0.1, -0.05) is 26.0 Å². The number of nitrogens with one attached hydrogen (secondary N) is 1. The van der Waals surface area contributed by atoms with Gasteiger partial charge in [-0.25, -0.2) is 12.8 Å². The van der Waals surface area contributed by atoms with E-state index in [1.165, 1.54) is 17.0 Å². The lowest BCUT2D eigenvalue weighted by atomic mass is 9.95. The Labute approximate surface area is 152 Å². The highest BCUT2D eigenvalue weighted by molar-refractivity contribution is 7.89. The molecule has 1 heterocycles. The van der Waals surface area contributed by atoms with E-state index >= 15 is 0 Å². The zero-order valence-corrected chi connectivity index (χ0v) is 15.5. The van der Waals surface area contributed by atoms with Gasteiger partial charge in [-0.3, -0.25) is 9.59 Å². The first-order valence-electron chi connectivity index (χ1n) is 8.42. The molecule has 0 bridgehead atoms. The van der Waals surface area contributed by atoms with Gasteiger partial charge < -0.3 is 10.0 Å². The number of halogens is 1. The summed E-state index contributed by atoms with van der Waals surface area (Å²) >= 11 is 0. The van der Waals surface area contributed by atoms with Crippen molar-refractivity contribution in [3.63, 3.8) is 0 Å². The minimum atomic E-state index is -4.21. The molecule has 0 saturated carbocycles. The molecule has 0 radical (unpaired) electrons. The number of rotatable bonds is 6. The summed E-state index contributed by atoms with van der Waals surface area (Å²) in [5.41, 5.74) is 0. The average molecular weight is 386 g/mol. The van der Waals surface area contributed by atoms with Gasteiger partial charge in [-0.2, -0.15) is 4.72 Å². The molecule has 1 aromatic carbocycles. The fraction of sp³-hybridized carbons (Fsp3) is 0.529. The summed E-state index contributed by atoms with van der Waals surface area (Å²) in [6.45, 7) is 3.88. The molecule has 1 aliphatic heterocycles. The first kappa shape index (κ1) is 20.3. The summed E-state index contributed by atoms with van der Waals surface area (Å²) in [7, 11) is -4.21. The number of sulfonamides is 1. The van der Waals surface area contributed by atoms with E-state index < -0.39 is 44.6 Å². The normalized spacial score (nSPS) is 17.3. The second-order valence-electron chi connectivity index (χ2n) is 6.71. The quantitative estimate of drug-likeness (QED) is 0.770. The van der Waals surface area contributed by atoms with Crippen molar-refractivity contribution in [3.05, 3.63) is 30.1 Å². The van der Waals surface area contributed by atoms with E-state index in [4.69, 9.17) is 5.11 Å². The van der Waals surface area contributed by atoms with Gasteiger partial charge in [-0.05, 0) is 30.9 Å². The number of likely N-dealkylation sites (tertiary alicyclic amines) is 1. The lowest BCUT2D eigenvalue weighted by molar-refractivity contribution is -0.146. The van der Waals surface area contributed by atoms with Crippen LogP contribution in [0.15, 0.2) is 29.2 Å². The van der Waals surface area contributed by atoms with Crippen LogP contribution < -0.4 is 4.72 Å². The maximum absolute atomic E-state index is 13.8. The minimum absolute atomic E-state index is 0.250.